The van der Waals surface area contributed by atoms with Crippen LogP contribution in [0.3, 0.4) is 0 Å². The van der Waals surface area contributed by atoms with E-state index in [1.807, 2.05) is 13.8 Å². The van der Waals surface area contributed by atoms with Crippen molar-refractivity contribution in [2.24, 2.45) is 0 Å². The van der Waals surface area contributed by atoms with E-state index < -0.39 is 5.91 Å². The summed E-state index contributed by atoms with van der Waals surface area (Å²) in [6.07, 6.45) is 0. The highest BCUT2D eigenvalue weighted by molar-refractivity contribution is 6.03. The Morgan fingerprint density at radius 1 is 1.23 bits per heavy atom. The molecule has 116 valence electrons. The van der Waals surface area contributed by atoms with Crippen LogP contribution in [0.5, 0.6) is 0 Å². The van der Waals surface area contributed by atoms with E-state index in [0.29, 0.717) is 24.7 Å². The second-order valence-electron chi connectivity index (χ2n) is 4.66. The van der Waals surface area contributed by atoms with Gasteiger partial charge in [0.1, 0.15) is 17.1 Å². The summed E-state index contributed by atoms with van der Waals surface area (Å²) in [5.74, 6) is 0.262. The van der Waals surface area contributed by atoms with Gasteiger partial charge < -0.3 is 14.7 Å². The second kappa shape index (κ2) is 6.84. The fourth-order valence-electron chi connectivity index (χ4n) is 1.96. The first kappa shape index (κ1) is 15.7. The molecule has 1 N–H and O–H groups in total. The lowest BCUT2D eigenvalue weighted by molar-refractivity contribution is 0.0767. The molecule has 2 aromatic rings. The van der Waals surface area contributed by atoms with Crippen molar-refractivity contribution in [1.82, 2.24) is 15.0 Å². The van der Waals surface area contributed by atoms with E-state index in [-0.39, 0.29) is 17.3 Å². The van der Waals surface area contributed by atoms with Crippen LogP contribution in [0.2, 0.25) is 0 Å². The number of hydrogen-bond donors (Lipinski definition) is 1. The third-order valence-corrected chi connectivity index (χ3v) is 3.12. The number of pyridine rings is 1. The molecule has 0 bridgehead atoms. The Bertz CT molecular complexity index is 677. The minimum absolute atomic E-state index is 0.152. The van der Waals surface area contributed by atoms with Crippen LogP contribution < -0.4 is 5.32 Å². The van der Waals surface area contributed by atoms with Gasteiger partial charge in [-0.15, -0.1) is 0 Å². The molecule has 0 atom stereocenters. The predicted molar refractivity (Wildman–Crippen MR) is 80.7 cm³/mol. The van der Waals surface area contributed by atoms with Crippen LogP contribution in [0, 0.1) is 6.92 Å². The molecule has 7 nitrogen and oxygen atoms in total. The molecule has 0 aliphatic heterocycles. The van der Waals surface area contributed by atoms with Crippen LogP contribution in [0.25, 0.3) is 0 Å². The fraction of sp³-hybridized carbons (Fsp3) is 0.333. The van der Waals surface area contributed by atoms with Crippen molar-refractivity contribution >= 4 is 17.6 Å². The Kier molecular flexibility index (Phi) is 4.88. The zero-order valence-corrected chi connectivity index (χ0v) is 12.8. The summed E-state index contributed by atoms with van der Waals surface area (Å²) in [6, 6.07) is 6.37. The summed E-state index contributed by atoms with van der Waals surface area (Å²) in [4.78, 5) is 30.1. The third-order valence-electron chi connectivity index (χ3n) is 3.12. The van der Waals surface area contributed by atoms with Gasteiger partial charge in [-0.2, -0.15) is 0 Å². The van der Waals surface area contributed by atoms with E-state index >= 15 is 0 Å². The molecule has 0 aliphatic carbocycles. The molecule has 0 radical (unpaired) electrons. The number of rotatable bonds is 5. The van der Waals surface area contributed by atoms with Crippen LogP contribution in [0.1, 0.15) is 40.6 Å². The minimum atomic E-state index is -0.442. The summed E-state index contributed by atoms with van der Waals surface area (Å²) in [5.41, 5.74) is 0.395. The normalized spacial score (nSPS) is 10.3. The highest BCUT2D eigenvalue weighted by Gasteiger charge is 2.17. The molecule has 0 saturated carbocycles. The average molecular weight is 302 g/mol. The van der Waals surface area contributed by atoms with Crippen LogP contribution in [0.15, 0.2) is 28.8 Å². The van der Waals surface area contributed by atoms with Crippen molar-refractivity contribution in [1.29, 1.82) is 0 Å². The number of carbonyl (C=O) groups is 2. The molecule has 0 fully saturated rings. The first-order chi connectivity index (χ1) is 10.5. The lowest BCUT2D eigenvalue weighted by Gasteiger charge is -2.18. The number of amides is 2. The van der Waals surface area contributed by atoms with Crippen molar-refractivity contribution in [2.45, 2.75) is 20.8 Å². The number of aryl methyl sites for hydroxylation is 1. The second-order valence-corrected chi connectivity index (χ2v) is 4.66. The SMILES string of the molecule is CCN(CC)C(=O)c1cccc(C(=O)Nc2cc(C)on2)n1. The van der Waals surface area contributed by atoms with Crippen molar-refractivity contribution in [3.05, 3.63) is 41.4 Å². The van der Waals surface area contributed by atoms with E-state index in [1.54, 1.807) is 36.1 Å². The monoisotopic (exact) mass is 302 g/mol. The summed E-state index contributed by atoms with van der Waals surface area (Å²) < 4.78 is 4.88. The van der Waals surface area contributed by atoms with E-state index in [1.165, 1.54) is 0 Å². The molecule has 0 aromatic carbocycles. The summed E-state index contributed by atoms with van der Waals surface area (Å²) in [6.45, 7) is 6.69. The van der Waals surface area contributed by atoms with Gasteiger partial charge in [0.05, 0.1) is 0 Å². The minimum Gasteiger partial charge on any atom is -0.360 e. The van der Waals surface area contributed by atoms with Gasteiger partial charge in [0.2, 0.25) is 0 Å². The Hall–Kier alpha value is -2.70. The number of anilines is 1. The number of hydrogen-bond acceptors (Lipinski definition) is 5. The van der Waals surface area contributed by atoms with Crippen LogP contribution >= 0.6 is 0 Å². The molecule has 0 saturated heterocycles. The molecule has 2 rings (SSSR count). The Morgan fingerprint density at radius 3 is 2.50 bits per heavy atom. The smallest absolute Gasteiger partial charge is 0.275 e. The van der Waals surface area contributed by atoms with Crippen molar-refractivity contribution in [2.75, 3.05) is 18.4 Å². The Labute approximate surface area is 128 Å². The van der Waals surface area contributed by atoms with Gasteiger partial charge in [-0.1, -0.05) is 11.2 Å². The first-order valence-corrected chi connectivity index (χ1v) is 7.06. The zero-order valence-electron chi connectivity index (χ0n) is 12.8. The topological polar surface area (TPSA) is 88.3 Å². The quantitative estimate of drug-likeness (QED) is 0.913. The van der Waals surface area contributed by atoms with Crippen molar-refractivity contribution in [3.63, 3.8) is 0 Å². The van der Waals surface area contributed by atoms with E-state index in [4.69, 9.17) is 4.52 Å². The Balaban J connectivity index is 2.17. The molecular formula is C15H18N4O3. The van der Waals surface area contributed by atoms with E-state index in [2.05, 4.69) is 15.5 Å². The van der Waals surface area contributed by atoms with Gasteiger partial charge in [0.25, 0.3) is 11.8 Å². The lowest BCUT2D eigenvalue weighted by Crippen LogP contribution is -2.31. The molecular weight excluding hydrogens is 284 g/mol. The van der Waals surface area contributed by atoms with Crippen LogP contribution in [0.4, 0.5) is 5.82 Å². The molecule has 22 heavy (non-hydrogen) atoms. The molecule has 7 heteroatoms. The third kappa shape index (κ3) is 3.49. The summed E-state index contributed by atoms with van der Waals surface area (Å²) >= 11 is 0. The van der Waals surface area contributed by atoms with Gasteiger partial charge in [0.15, 0.2) is 5.82 Å². The summed E-state index contributed by atoms with van der Waals surface area (Å²) in [7, 11) is 0. The van der Waals surface area contributed by atoms with Crippen molar-refractivity contribution < 1.29 is 14.1 Å². The highest BCUT2D eigenvalue weighted by Crippen LogP contribution is 2.10. The van der Waals surface area contributed by atoms with Gasteiger partial charge >= 0.3 is 0 Å². The predicted octanol–water partition coefficient (Wildman–Crippen LogP) is 2.11. The fourth-order valence-corrected chi connectivity index (χ4v) is 1.96. The molecule has 0 spiro atoms. The maximum absolute atomic E-state index is 12.2. The van der Waals surface area contributed by atoms with Gasteiger partial charge in [0, 0.05) is 19.2 Å². The van der Waals surface area contributed by atoms with Gasteiger partial charge in [-0.3, -0.25) is 9.59 Å². The number of carbonyl (C=O) groups excluding carboxylic acids is 2. The Morgan fingerprint density at radius 2 is 1.91 bits per heavy atom. The zero-order chi connectivity index (χ0) is 16.1. The molecule has 2 heterocycles. The van der Waals surface area contributed by atoms with Crippen molar-refractivity contribution in [3.8, 4) is 0 Å². The molecule has 0 aliphatic rings. The van der Waals surface area contributed by atoms with E-state index in [0.717, 1.165) is 0 Å². The number of nitrogens with zero attached hydrogens (tertiary/aromatic N) is 3. The average Bonchev–Trinajstić information content (AvgIpc) is 2.93. The van der Waals surface area contributed by atoms with E-state index in [9.17, 15) is 9.59 Å². The number of nitrogens with one attached hydrogen (secondary N) is 1. The molecule has 2 amide bonds. The van der Waals surface area contributed by atoms with Gasteiger partial charge in [-0.05, 0) is 32.9 Å². The maximum atomic E-state index is 12.2. The van der Waals surface area contributed by atoms with Gasteiger partial charge in [-0.25, -0.2) is 4.98 Å². The van der Waals surface area contributed by atoms with Crippen LogP contribution in [-0.2, 0) is 0 Å². The standard InChI is InChI=1S/C15H18N4O3/c1-4-19(5-2)15(21)12-8-6-7-11(16-12)14(20)17-13-9-10(3)22-18-13/h6-9H,4-5H2,1-3H3,(H,17,18,20). The molecule has 2 aromatic heterocycles. The molecule has 0 unspecified atom stereocenters. The number of aromatic nitrogens is 2. The highest BCUT2D eigenvalue weighted by atomic mass is 16.5. The largest absolute Gasteiger partial charge is 0.360 e. The first-order valence-electron chi connectivity index (χ1n) is 7.06. The van der Waals surface area contributed by atoms with Crippen LogP contribution in [-0.4, -0.2) is 39.9 Å². The summed E-state index contributed by atoms with van der Waals surface area (Å²) in [5, 5.41) is 6.25. The lowest BCUT2D eigenvalue weighted by atomic mass is 10.2. The maximum Gasteiger partial charge on any atom is 0.275 e.